The molecule has 4 rings (SSSR count). The number of halogens is 1. The zero-order valence-corrected chi connectivity index (χ0v) is 14.4. The molecule has 0 unspecified atom stereocenters. The molecular weight excluding hydrogens is 340 g/mol. The summed E-state index contributed by atoms with van der Waals surface area (Å²) in [6.45, 7) is 3.83. The highest BCUT2D eigenvalue weighted by atomic mass is 35.5. The lowest BCUT2D eigenvalue weighted by Crippen LogP contribution is -2.07. The smallest absolute Gasteiger partial charge is 0.259 e. The summed E-state index contributed by atoms with van der Waals surface area (Å²) in [5.74, 6) is 1.24. The Kier molecular flexibility index (Phi) is 3.89. The average molecular weight is 355 g/mol. The number of hydrogen-bond acceptors (Lipinski definition) is 5. The van der Waals surface area contributed by atoms with Gasteiger partial charge < -0.3 is 14.2 Å². The SMILES string of the molecule is CC(C)Oc1ncc(-c2nc(-c3ccc4cc[nH]c4c3)no2)cc1Cl. The second-order valence-corrected chi connectivity index (χ2v) is 6.29. The van der Waals surface area contributed by atoms with Gasteiger partial charge in [0, 0.05) is 23.5 Å². The number of aromatic amines is 1. The van der Waals surface area contributed by atoms with Gasteiger partial charge in [0.15, 0.2) is 0 Å². The van der Waals surface area contributed by atoms with E-state index in [-0.39, 0.29) is 6.10 Å². The molecule has 7 heteroatoms. The molecule has 0 radical (unpaired) electrons. The van der Waals surface area contributed by atoms with Crippen LogP contribution >= 0.6 is 11.6 Å². The number of rotatable bonds is 4. The van der Waals surface area contributed by atoms with Crippen LogP contribution in [0.4, 0.5) is 0 Å². The summed E-state index contributed by atoms with van der Waals surface area (Å²) in [5, 5.41) is 5.58. The molecular formula is C18H15ClN4O2. The van der Waals surface area contributed by atoms with Crippen molar-refractivity contribution in [1.29, 1.82) is 0 Å². The van der Waals surface area contributed by atoms with Crippen molar-refractivity contribution >= 4 is 22.5 Å². The fourth-order valence-corrected chi connectivity index (χ4v) is 2.71. The molecule has 0 amide bonds. The maximum absolute atomic E-state index is 6.22. The molecule has 3 heterocycles. The van der Waals surface area contributed by atoms with Gasteiger partial charge in [-0.05, 0) is 37.4 Å². The van der Waals surface area contributed by atoms with Crippen LogP contribution < -0.4 is 4.74 Å². The molecule has 0 aliphatic heterocycles. The first-order chi connectivity index (χ1) is 12.1. The van der Waals surface area contributed by atoms with E-state index in [1.165, 1.54) is 0 Å². The lowest BCUT2D eigenvalue weighted by molar-refractivity contribution is 0.233. The molecule has 0 aliphatic rings. The lowest BCUT2D eigenvalue weighted by Gasteiger charge is -2.09. The number of aromatic nitrogens is 4. The van der Waals surface area contributed by atoms with E-state index in [1.807, 2.05) is 44.3 Å². The van der Waals surface area contributed by atoms with Crippen LogP contribution in [0.15, 0.2) is 47.2 Å². The highest BCUT2D eigenvalue weighted by Crippen LogP contribution is 2.29. The van der Waals surface area contributed by atoms with Crippen LogP contribution in [0, 0.1) is 0 Å². The van der Waals surface area contributed by atoms with E-state index in [2.05, 4.69) is 20.1 Å². The van der Waals surface area contributed by atoms with Crippen LogP contribution in [-0.2, 0) is 0 Å². The predicted octanol–water partition coefficient (Wildman–Crippen LogP) is 4.72. The first-order valence-corrected chi connectivity index (χ1v) is 8.22. The Balaban J connectivity index is 1.65. The van der Waals surface area contributed by atoms with E-state index in [4.69, 9.17) is 20.9 Å². The van der Waals surface area contributed by atoms with E-state index >= 15 is 0 Å². The van der Waals surface area contributed by atoms with E-state index in [0.29, 0.717) is 28.2 Å². The van der Waals surface area contributed by atoms with Crippen molar-refractivity contribution in [3.8, 4) is 28.7 Å². The lowest BCUT2D eigenvalue weighted by atomic mass is 10.1. The van der Waals surface area contributed by atoms with Gasteiger partial charge in [-0.2, -0.15) is 4.98 Å². The summed E-state index contributed by atoms with van der Waals surface area (Å²) < 4.78 is 10.9. The number of pyridine rings is 1. The van der Waals surface area contributed by atoms with Crippen LogP contribution in [0.25, 0.3) is 33.7 Å². The van der Waals surface area contributed by atoms with Crippen molar-refractivity contribution in [1.82, 2.24) is 20.1 Å². The van der Waals surface area contributed by atoms with Gasteiger partial charge in [0.05, 0.1) is 11.7 Å². The Labute approximate surface area is 148 Å². The molecule has 1 N–H and O–H groups in total. The van der Waals surface area contributed by atoms with Crippen LogP contribution in [0.2, 0.25) is 5.02 Å². The number of nitrogens with zero attached hydrogens (tertiary/aromatic N) is 3. The normalized spacial score (nSPS) is 11.4. The Morgan fingerprint density at radius 3 is 2.84 bits per heavy atom. The van der Waals surface area contributed by atoms with Gasteiger partial charge >= 0.3 is 0 Å². The van der Waals surface area contributed by atoms with Gasteiger partial charge in [-0.15, -0.1) is 0 Å². The first-order valence-electron chi connectivity index (χ1n) is 7.84. The number of ether oxygens (including phenoxy) is 1. The highest BCUT2D eigenvalue weighted by molar-refractivity contribution is 6.32. The molecule has 0 spiro atoms. The minimum Gasteiger partial charge on any atom is -0.474 e. The van der Waals surface area contributed by atoms with Gasteiger partial charge in [0.1, 0.15) is 5.02 Å². The zero-order chi connectivity index (χ0) is 17.4. The number of hydrogen-bond donors (Lipinski definition) is 1. The van der Waals surface area contributed by atoms with Crippen molar-refractivity contribution in [3.63, 3.8) is 0 Å². The standard InChI is InChI=1S/C18H15ClN4O2/c1-10(2)24-18-14(19)7-13(9-21-18)17-22-16(23-25-17)12-4-3-11-5-6-20-15(11)8-12/h3-10,20H,1-2H3. The van der Waals surface area contributed by atoms with E-state index < -0.39 is 0 Å². The summed E-state index contributed by atoms with van der Waals surface area (Å²) in [5.41, 5.74) is 2.52. The van der Waals surface area contributed by atoms with E-state index in [1.54, 1.807) is 12.3 Å². The fraction of sp³-hybridized carbons (Fsp3) is 0.167. The third kappa shape index (κ3) is 3.08. The third-order valence-corrected chi connectivity index (χ3v) is 3.91. The summed E-state index contributed by atoms with van der Waals surface area (Å²) in [6.07, 6.45) is 3.49. The molecule has 6 nitrogen and oxygen atoms in total. The minimum atomic E-state index is -0.00577. The minimum absolute atomic E-state index is 0.00577. The van der Waals surface area contributed by atoms with Gasteiger partial charge in [-0.1, -0.05) is 28.9 Å². The number of H-pyrrole nitrogens is 1. The van der Waals surface area contributed by atoms with Crippen molar-refractivity contribution in [2.45, 2.75) is 20.0 Å². The molecule has 0 fully saturated rings. The molecule has 0 bridgehead atoms. The molecule has 126 valence electrons. The van der Waals surface area contributed by atoms with Crippen molar-refractivity contribution < 1.29 is 9.26 Å². The molecule has 4 aromatic rings. The Hall–Kier alpha value is -2.86. The van der Waals surface area contributed by atoms with Gasteiger partial charge in [-0.25, -0.2) is 4.98 Å². The van der Waals surface area contributed by atoms with Gasteiger partial charge in [-0.3, -0.25) is 0 Å². The quantitative estimate of drug-likeness (QED) is 0.573. The molecule has 0 atom stereocenters. The Morgan fingerprint density at radius 2 is 2.04 bits per heavy atom. The van der Waals surface area contributed by atoms with Crippen LogP contribution in [0.3, 0.4) is 0 Å². The fourth-order valence-electron chi connectivity index (χ4n) is 2.50. The van der Waals surface area contributed by atoms with Crippen molar-refractivity contribution in [2.24, 2.45) is 0 Å². The molecule has 0 saturated carbocycles. The monoisotopic (exact) mass is 354 g/mol. The summed E-state index contributed by atoms with van der Waals surface area (Å²) in [6, 6.07) is 9.66. The maximum atomic E-state index is 6.22. The summed E-state index contributed by atoms with van der Waals surface area (Å²) in [7, 11) is 0. The van der Waals surface area contributed by atoms with Crippen LogP contribution in [-0.4, -0.2) is 26.2 Å². The van der Waals surface area contributed by atoms with Crippen LogP contribution in [0.5, 0.6) is 5.88 Å². The highest BCUT2D eigenvalue weighted by Gasteiger charge is 2.14. The maximum Gasteiger partial charge on any atom is 0.259 e. The van der Waals surface area contributed by atoms with E-state index in [9.17, 15) is 0 Å². The van der Waals surface area contributed by atoms with E-state index in [0.717, 1.165) is 16.5 Å². The number of benzene rings is 1. The second-order valence-electron chi connectivity index (χ2n) is 5.88. The summed E-state index contributed by atoms with van der Waals surface area (Å²) >= 11 is 6.22. The van der Waals surface area contributed by atoms with Crippen molar-refractivity contribution in [2.75, 3.05) is 0 Å². The zero-order valence-electron chi connectivity index (χ0n) is 13.7. The van der Waals surface area contributed by atoms with Crippen LogP contribution in [0.1, 0.15) is 13.8 Å². The first kappa shape index (κ1) is 15.7. The van der Waals surface area contributed by atoms with Gasteiger partial charge in [0.2, 0.25) is 11.7 Å². The largest absolute Gasteiger partial charge is 0.474 e. The van der Waals surface area contributed by atoms with Crippen molar-refractivity contribution in [3.05, 3.63) is 47.7 Å². The third-order valence-electron chi connectivity index (χ3n) is 3.64. The summed E-state index contributed by atoms with van der Waals surface area (Å²) in [4.78, 5) is 11.8. The average Bonchev–Trinajstić information content (AvgIpc) is 3.24. The Morgan fingerprint density at radius 1 is 1.16 bits per heavy atom. The molecule has 0 saturated heterocycles. The Bertz CT molecular complexity index is 1040. The second kappa shape index (κ2) is 6.22. The number of nitrogens with one attached hydrogen (secondary N) is 1. The number of fused-ring (bicyclic) bond motifs is 1. The molecule has 1 aromatic carbocycles. The van der Waals surface area contributed by atoms with Gasteiger partial charge in [0.25, 0.3) is 5.89 Å². The molecule has 3 aromatic heterocycles. The predicted molar refractivity (Wildman–Crippen MR) is 95.6 cm³/mol. The molecule has 0 aliphatic carbocycles. The molecule has 25 heavy (non-hydrogen) atoms. The topological polar surface area (TPSA) is 76.8 Å².